The third-order valence-electron chi connectivity index (χ3n) is 2.63. The lowest BCUT2D eigenvalue weighted by Gasteiger charge is -2.07. The fraction of sp³-hybridized carbons (Fsp3) is 0.0769. The molecule has 0 aromatic heterocycles. The molecule has 100 valence electrons. The number of phenols is 1. The minimum absolute atomic E-state index is 0.140. The molecule has 0 fully saturated rings. The number of rotatable bonds is 3. The van der Waals surface area contributed by atoms with Crippen LogP contribution >= 0.6 is 10.7 Å². The number of benzene rings is 2. The molecule has 2 aromatic carbocycles. The van der Waals surface area contributed by atoms with Gasteiger partial charge in [0.15, 0.2) is 0 Å². The van der Waals surface area contributed by atoms with Gasteiger partial charge in [-0.1, -0.05) is 12.1 Å². The van der Waals surface area contributed by atoms with E-state index in [1.807, 2.05) is 0 Å². The molecule has 0 spiro atoms. The van der Waals surface area contributed by atoms with Gasteiger partial charge in [0.25, 0.3) is 9.05 Å². The van der Waals surface area contributed by atoms with E-state index in [1.54, 1.807) is 31.4 Å². The van der Waals surface area contributed by atoms with Crippen LogP contribution in [0.3, 0.4) is 0 Å². The summed E-state index contributed by atoms with van der Waals surface area (Å²) in [6.07, 6.45) is 0. The summed E-state index contributed by atoms with van der Waals surface area (Å²) in [5.74, 6) is 0.487. The molecule has 0 aliphatic carbocycles. The van der Waals surface area contributed by atoms with Crippen molar-refractivity contribution >= 4 is 19.7 Å². The molecule has 0 saturated carbocycles. The molecule has 0 unspecified atom stereocenters. The SMILES string of the molecule is COc1cccc(-c2ccc(S(=O)(=O)Cl)cc2O)c1. The van der Waals surface area contributed by atoms with Gasteiger partial charge in [0, 0.05) is 22.3 Å². The highest BCUT2D eigenvalue weighted by Crippen LogP contribution is 2.33. The molecule has 0 saturated heterocycles. The van der Waals surface area contributed by atoms with Gasteiger partial charge in [0.1, 0.15) is 11.5 Å². The van der Waals surface area contributed by atoms with Gasteiger partial charge in [-0.25, -0.2) is 8.42 Å². The maximum atomic E-state index is 11.2. The van der Waals surface area contributed by atoms with Crippen LogP contribution in [0.15, 0.2) is 47.4 Å². The summed E-state index contributed by atoms with van der Waals surface area (Å²) in [6.45, 7) is 0. The Morgan fingerprint density at radius 2 is 1.89 bits per heavy atom. The first kappa shape index (κ1) is 13.7. The van der Waals surface area contributed by atoms with Crippen LogP contribution in [0.25, 0.3) is 11.1 Å². The van der Waals surface area contributed by atoms with E-state index in [2.05, 4.69) is 0 Å². The summed E-state index contributed by atoms with van der Waals surface area (Å²) in [5.41, 5.74) is 1.22. The number of halogens is 1. The number of ether oxygens (including phenoxy) is 1. The Labute approximate surface area is 115 Å². The van der Waals surface area contributed by atoms with E-state index < -0.39 is 9.05 Å². The zero-order valence-electron chi connectivity index (χ0n) is 10.00. The van der Waals surface area contributed by atoms with Crippen LogP contribution in [-0.4, -0.2) is 20.6 Å². The molecule has 19 heavy (non-hydrogen) atoms. The maximum Gasteiger partial charge on any atom is 0.261 e. The van der Waals surface area contributed by atoms with Crippen molar-refractivity contribution in [3.8, 4) is 22.6 Å². The summed E-state index contributed by atoms with van der Waals surface area (Å²) >= 11 is 0. The molecular weight excluding hydrogens is 288 g/mol. The third-order valence-corrected chi connectivity index (χ3v) is 3.98. The third kappa shape index (κ3) is 3.00. The fourth-order valence-corrected chi connectivity index (χ4v) is 2.47. The first-order chi connectivity index (χ1) is 8.91. The summed E-state index contributed by atoms with van der Waals surface area (Å²) in [4.78, 5) is -0.140. The van der Waals surface area contributed by atoms with E-state index in [4.69, 9.17) is 15.4 Å². The second kappa shape index (κ2) is 5.11. The Balaban J connectivity index is 2.52. The van der Waals surface area contributed by atoms with Gasteiger partial charge in [-0.15, -0.1) is 0 Å². The van der Waals surface area contributed by atoms with Gasteiger partial charge in [-0.3, -0.25) is 0 Å². The van der Waals surface area contributed by atoms with Gasteiger partial charge in [0.05, 0.1) is 12.0 Å². The fourth-order valence-electron chi connectivity index (χ4n) is 1.70. The molecule has 0 atom stereocenters. The molecule has 6 heteroatoms. The average Bonchev–Trinajstić information content (AvgIpc) is 2.37. The smallest absolute Gasteiger partial charge is 0.261 e. The van der Waals surface area contributed by atoms with Crippen molar-refractivity contribution < 1.29 is 18.3 Å². The summed E-state index contributed by atoms with van der Waals surface area (Å²) in [5, 5.41) is 9.91. The monoisotopic (exact) mass is 298 g/mol. The topological polar surface area (TPSA) is 63.6 Å². The zero-order chi connectivity index (χ0) is 14.0. The summed E-state index contributed by atoms with van der Waals surface area (Å²) in [6, 6.07) is 11.0. The quantitative estimate of drug-likeness (QED) is 0.885. The molecule has 0 radical (unpaired) electrons. The molecule has 2 aromatic rings. The first-order valence-corrected chi connectivity index (χ1v) is 7.65. The summed E-state index contributed by atoms with van der Waals surface area (Å²) < 4.78 is 27.4. The minimum Gasteiger partial charge on any atom is -0.507 e. The number of methoxy groups -OCH3 is 1. The van der Waals surface area contributed by atoms with Crippen molar-refractivity contribution in [1.29, 1.82) is 0 Å². The van der Waals surface area contributed by atoms with Gasteiger partial charge in [-0.05, 0) is 29.8 Å². The molecule has 2 rings (SSSR count). The Bertz CT molecular complexity index is 710. The highest BCUT2D eigenvalue weighted by Gasteiger charge is 2.13. The van der Waals surface area contributed by atoms with E-state index in [0.717, 1.165) is 11.6 Å². The lowest BCUT2D eigenvalue weighted by molar-refractivity contribution is 0.415. The van der Waals surface area contributed by atoms with Crippen LogP contribution in [-0.2, 0) is 9.05 Å². The van der Waals surface area contributed by atoms with Crippen molar-refractivity contribution in [3.05, 3.63) is 42.5 Å². The van der Waals surface area contributed by atoms with Crippen molar-refractivity contribution in [2.75, 3.05) is 7.11 Å². The van der Waals surface area contributed by atoms with Crippen molar-refractivity contribution in [2.24, 2.45) is 0 Å². The second-order valence-corrected chi connectivity index (χ2v) is 6.41. The number of hydrogen-bond donors (Lipinski definition) is 1. The molecule has 4 nitrogen and oxygen atoms in total. The maximum absolute atomic E-state index is 11.2. The standard InChI is InChI=1S/C13H11ClO4S/c1-18-10-4-2-3-9(7-10)12-6-5-11(8-13(12)15)19(14,16)17/h2-8,15H,1H3. The van der Waals surface area contributed by atoms with Gasteiger partial charge in [-0.2, -0.15) is 0 Å². The number of hydrogen-bond acceptors (Lipinski definition) is 4. The molecule has 0 aliphatic heterocycles. The van der Waals surface area contributed by atoms with E-state index in [1.165, 1.54) is 12.1 Å². The molecule has 0 amide bonds. The molecule has 0 bridgehead atoms. The van der Waals surface area contributed by atoms with Crippen LogP contribution < -0.4 is 4.74 Å². The van der Waals surface area contributed by atoms with Crippen molar-refractivity contribution in [1.82, 2.24) is 0 Å². The van der Waals surface area contributed by atoms with Crippen LogP contribution in [0.2, 0.25) is 0 Å². The Kier molecular flexibility index (Phi) is 3.68. The van der Waals surface area contributed by atoms with Crippen LogP contribution in [0.4, 0.5) is 0 Å². The molecule has 1 N–H and O–H groups in total. The Morgan fingerprint density at radius 1 is 1.16 bits per heavy atom. The van der Waals surface area contributed by atoms with Gasteiger partial charge < -0.3 is 9.84 Å². The van der Waals surface area contributed by atoms with E-state index >= 15 is 0 Å². The molecule has 0 heterocycles. The largest absolute Gasteiger partial charge is 0.507 e. The van der Waals surface area contributed by atoms with E-state index in [9.17, 15) is 13.5 Å². The molecule has 0 aliphatic rings. The molecular formula is C13H11ClO4S. The van der Waals surface area contributed by atoms with Crippen LogP contribution in [0.5, 0.6) is 11.5 Å². The lowest BCUT2D eigenvalue weighted by Crippen LogP contribution is -1.91. The normalized spacial score (nSPS) is 11.3. The van der Waals surface area contributed by atoms with Crippen LogP contribution in [0.1, 0.15) is 0 Å². The van der Waals surface area contributed by atoms with Gasteiger partial charge in [0.2, 0.25) is 0 Å². The predicted molar refractivity (Wildman–Crippen MR) is 73.1 cm³/mol. The second-order valence-electron chi connectivity index (χ2n) is 3.85. The number of phenolic OH excluding ortho intramolecular Hbond substituents is 1. The Morgan fingerprint density at radius 3 is 2.47 bits per heavy atom. The van der Waals surface area contributed by atoms with E-state index in [-0.39, 0.29) is 10.6 Å². The zero-order valence-corrected chi connectivity index (χ0v) is 11.6. The highest BCUT2D eigenvalue weighted by atomic mass is 35.7. The average molecular weight is 299 g/mol. The first-order valence-electron chi connectivity index (χ1n) is 5.34. The number of aromatic hydroxyl groups is 1. The summed E-state index contributed by atoms with van der Waals surface area (Å²) in [7, 11) is 2.91. The van der Waals surface area contributed by atoms with E-state index in [0.29, 0.717) is 11.3 Å². The highest BCUT2D eigenvalue weighted by molar-refractivity contribution is 8.13. The van der Waals surface area contributed by atoms with Crippen molar-refractivity contribution in [2.45, 2.75) is 4.90 Å². The predicted octanol–water partition coefficient (Wildman–Crippen LogP) is 3.00. The lowest BCUT2D eigenvalue weighted by atomic mass is 10.0. The minimum atomic E-state index is -3.85. The van der Waals surface area contributed by atoms with Crippen LogP contribution in [0, 0.1) is 0 Å². The van der Waals surface area contributed by atoms with Crippen molar-refractivity contribution in [3.63, 3.8) is 0 Å². The van der Waals surface area contributed by atoms with Gasteiger partial charge >= 0.3 is 0 Å². The Hall–Kier alpha value is -1.72.